The zero-order chi connectivity index (χ0) is 18.4. The molecule has 6 heteroatoms. The number of amides is 1. The molecule has 1 aromatic carbocycles. The van der Waals surface area contributed by atoms with E-state index in [0.29, 0.717) is 6.54 Å². The van der Waals surface area contributed by atoms with Crippen LogP contribution in [0.2, 0.25) is 0 Å². The molecule has 0 aliphatic rings. The number of hydrogen-bond acceptors (Lipinski definition) is 4. The SMILES string of the molecule is Cc1cccc(Cn2cccc(C(=O)N/N=C\c3ccncc3)c2=O)c1. The maximum absolute atomic E-state index is 12.6. The highest BCUT2D eigenvalue weighted by Crippen LogP contribution is 2.05. The van der Waals surface area contributed by atoms with Crippen molar-refractivity contribution < 1.29 is 4.79 Å². The monoisotopic (exact) mass is 346 g/mol. The van der Waals surface area contributed by atoms with Gasteiger partial charge >= 0.3 is 0 Å². The summed E-state index contributed by atoms with van der Waals surface area (Å²) in [6, 6.07) is 14.6. The van der Waals surface area contributed by atoms with E-state index in [4.69, 9.17) is 0 Å². The molecule has 1 amide bonds. The summed E-state index contributed by atoms with van der Waals surface area (Å²) in [6.45, 7) is 2.40. The Bertz CT molecular complexity index is 994. The van der Waals surface area contributed by atoms with Gasteiger partial charge in [0.2, 0.25) is 0 Å². The Kier molecular flexibility index (Phi) is 5.34. The second kappa shape index (κ2) is 8.02. The first-order chi connectivity index (χ1) is 12.6. The fourth-order valence-electron chi connectivity index (χ4n) is 2.52. The molecule has 2 aromatic heterocycles. The van der Waals surface area contributed by atoms with Crippen molar-refractivity contribution in [1.82, 2.24) is 15.0 Å². The van der Waals surface area contributed by atoms with E-state index in [1.807, 2.05) is 31.2 Å². The highest BCUT2D eigenvalue weighted by Gasteiger charge is 2.11. The lowest BCUT2D eigenvalue weighted by atomic mass is 10.1. The van der Waals surface area contributed by atoms with Gasteiger partial charge in [0, 0.05) is 18.6 Å². The molecule has 0 aliphatic carbocycles. The highest BCUT2D eigenvalue weighted by atomic mass is 16.2. The molecule has 0 aliphatic heterocycles. The topological polar surface area (TPSA) is 76.3 Å². The Hall–Kier alpha value is -3.54. The molecular formula is C20H18N4O2. The van der Waals surface area contributed by atoms with Gasteiger partial charge in [-0.1, -0.05) is 29.8 Å². The van der Waals surface area contributed by atoms with Crippen LogP contribution in [-0.4, -0.2) is 21.7 Å². The number of carbonyl (C=O) groups excluding carboxylic acids is 1. The van der Waals surface area contributed by atoms with Crippen molar-refractivity contribution in [3.63, 3.8) is 0 Å². The van der Waals surface area contributed by atoms with Gasteiger partial charge in [-0.3, -0.25) is 14.6 Å². The van der Waals surface area contributed by atoms with Crippen LogP contribution in [0.15, 0.2) is 77.0 Å². The zero-order valence-electron chi connectivity index (χ0n) is 14.3. The van der Waals surface area contributed by atoms with Gasteiger partial charge in [0.1, 0.15) is 5.56 Å². The fraction of sp³-hybridized carbons (Fsp3) is 0.100. The molecule has 6 nitrogen and oxygen atoms in total. The largest absolute Gasteiger partial charge is 0.310 e. The number of nitrogens with one attached hydrogen (secondary N) is 1. The van der Waals surface area contributed by atoms with E-state index >= 15 is 0 Å². The average molecular weight is 346 g/mol. The van der Waals surface area contributed by atoms with Crippen LogP contribution in [0.4, 0.5) is 0 Å². The van der Waals surface area contributed by atoms with E-state index < -0.39 is 5.91 Å². The molecule has 0 atom stereocenters. The molecule has 0 bridgehead atoms. The highest BCUT2D eigenvalue weighted by molar-refractivity contribution is 5.94. The Morgan fingerprint density at radius 3 is 2.77 bits per heavy atom. The minimum absolute atomic E-state index is 0.0482. The predicted octanol–water partition coefficient (Wildman–Crippen LogP) is 2.36. The molecule has 2 heterocycles. The van der Waals surface area contributed by atoms with E-state index in [9.17, 15) is 9.59 Å². The van der Waals surface area contributed by atoms with Gasteiger partial charge in [0.05, 0.1) is 12.8 Å². The summed E-state index contributed by atoms with van der Waals surface area (Å²) in [5.41, 5.74) is 4.99. The van der Waals surface area contributed by atoms with Gasteiger partial charge < -0.3 is 4.57 Å². The summed E-state index contributed by atoms with van der Waals surface area (Å²) in [4.78, 5) is 28.7. The van der Waals surface area contributed by atoms with Crippen molar-refractivity contribution in [2.24, 2.45) is 5.10 Å². The predicted molar refractivity (Wildman–Crippen MR) is 100 cm³/mol. The summed E-state index contributed by atoms with van der Waals surface area (Å²) in [7, 11) is 0. The van der Waals surface area contributed by atoms with Crippen molar-refractivity contribution in [3.05, 3.63) is 99.7 Å². The van der Waals surface area contributed by atoms with E-state index in [2.05, 4.69) is 15.5 Å². The normalized spacial score (nSPS) is 10.8. The van der Waals surface area contributed by atoms with Crippen LogP contribution in [-0.2, 0) is 6.54 Å². The van der Waals surface area contributed by atoms with Gasteiger partial charge in [-0.25, -0.2) is 5.43 Å². The molecule has 3 rings (SSSR count). The average Bonchev–Trinajstić information content (AvgIpc) is 2.64. The molecule has 0 fully saturated rings. The van der Waals surface area contributed by atoms with E-state index in [0.717, 1.165) is 16.7 Å². The van der Waals surface area contributed by atoms with Gasteiger partial charge in [0.25, 0.3) is 11.5 Å². The van der Waals surface area contributed by atoms with Crippen LogP contribution < -0.4 is 11.0 Å². The van der Waals surface area contributed by atoms with Crippen molar-refractivity contribution in [1.29, 1.82) is 0 Å². The van der Waals surface area contributed by atoms with Crippen molar-refractivity contribution >= 4 is 12.1 Å². The second-order valence-electron chi connectivity index (χ2n) is 5.82. The van der Waals surface area contributed by atoms with E-state index in [1.165, 1.54) is 16.8 Å². The van der Waals surface area contributed by atoms with Crippen LogP contribution >= 0.6 is 0 Å². The number of aromatic nitrogens is 2. The maximum Gasteiger partial charge on any atom is 0.276 e. The first kappa shape index (κ1) is 17.3. The minimum Gasteiger partial charge on any atom is -0.310 e. The molecule has 0 spiro atoms. The van der Waals surface area contributed by atoms with Gasteiger partial charge in [-0.15, -0.1) is 0 Å². The molecule has 130 valence electrons. The summed E-state index contributed by atoms with van der Waals surface area (Å²) in [5, 5.41) is 3.88. The molecule has 3 aromatic rings. The number of rotatable bonds is 5. The number of benzene rings is 1. The second-order valence-corrected chi connectivity index (χ2v) is 5.82. The summed E-state index contributed by atoms with van der Waals surface area (Å²) in [5.74, 6) is -0.543. The summed E-state index contributed by atoms with van der Waals surface area (Å²) < 4.78 is 1.51. The molecule has 0 saturated carbocycles. The number of nitrogens with zero attached hydrogens (tertiary/aromatic N) is 3. The quantitative estimate of drug-likeness (QED) is 0.569. The Morgan fingerprint density at radius 1 is 1.19 bits per heavy atom. The number of pyridine rings is 2. The van der Waals surface area contributed by atoms with Gasteiger partial charge in [0.15, 0.2) is 0 Å². The van der Waals surface area contributed by atoms with Gasteiger partial charge in [-0.05, 0) is 42.3 Å². The van der Waals surface area contributed by atoms with Crippen LogP contribution in [0.5, 0.6) is 0 Å². The molecule has 0 unspecified atom stereocenters. The van der Waals surface area contributed by atoms with Crippen molar-refractivity contribution in [2.75, 3.05) is 0 Å². The van der Waals surface area contributed by atoms with Crippen LogP contribution in [0, 0.1) is 6.92 Å². The van der Waals surface area contributed by atoms with Crippen LogP contribution in [0.25, 0.3) is 0 Å². The number of hydrazone groups is 1. The number of hydrogen-bond donors (Lipinski definition) is 1. The third-order valence-corrected chi connectivity index (χ3v) is 3.79. The Morgan fingerprint density at radius 2 is 2.00 bits per heavy atom. The number of carbonyl (C=O) groups is 1. The molecule has 0 radical (unpaired) electrons. The standard InChI is InChI=1S/C20H18N4O2/c1-15-4-2-5-17(12-15)14-24-11-3-6-18(20(24)26)19(25)23-22-13-16-7-9-21-10-8-16/h2-13H,14H2,1H3,(H,23,25)/b22-13-. The van der Waals surface area contributed by atoms with E-state index in [1.54, 1.807) is 36.8 Å². The van der Waals surface area contributed by atoms with Crippen molar-refractivity contribution in [2.45, 2.75) is 13.5 Å². The molecule has 0 saturated heterocycles. The lowest BCUT2D eigenvalue weighted by Crippen LogP contribution is -2.30. The fourth-order valence-corrected chi connectivity index (χ4v) is 2.52. The summed E-state index contributed by atoms with van der Waals surface area (Å²) in [6.07, 6.45) is 6.42. The first-order valence-corrected chi connectivity index (χ1v) is 8.12. The maximum atomic E-state index is 12.6. The Balaban J connectivity index is 1.75. The minimum atomic E-state index is -0.543. The number of aryl methyl sites for hydroxylation is 1. The lowest BCUT2D eigenvalue weighted by Gasteiger charge is -2.08. The van der Waals surface area contributed by atoms with Crippen LogP contribution in [0.1, 0.15) is 27.0 Å². The third kappa shape index (κ3) is 4.30. The Labute approximate surface area is 150 Å². The van der Waals surface area contributed by atoms with Crippen LogP contribution in [0.3, 0.4) is 0 Å². The molecular weight excluding hydrogens is 328 g/mol. The molecule has 1 N–H and O–H groups in total. The van der Waals surface area contributed by atoms with E-state index in [-0.39, 0.29) is 11.1 Å². The zero-order valence-corrected chi connectivity index (χ0v) is 14.3. The van der Waals surface area contributed by atoms with Crippen molar-refractivity contribution in [3.8, 4) is 0 Å². The van der Waals surface area contributed by atoms with Gasteiger partial charge in [-0.2, -0.15) is 5.10 Å². The summed E-state index contributed by atoms with van der Waals surface area (Å²) >= 11 is 0. The third-order valence-electron chi connectivity index (χ3n) is 3.79. The molecule has 26 heavy (non-hydrogen) atoms. The lowest BCUT2D eigenvalue weighted by molar-refractivity contribution is 0.0953. The smallest absolute Gasteiger partial charge is 0.276 e. The first-order valence-electron chi connectivity index (χ1n) is 8.12.